The fourth-order valence-corrected chi connectivity index (χ4v) is 3.98. The fraction of sp³-hybridized carbons (Fsp3) is 0.136. The zero-order valence-electron chi connectivity index (χ0n) is 15.3. The van der Waals surface area contributed by atoms with E-state index in [0.717, 1.165) is 28.0 Å². The van der Waals surface area contributed by atoms with Crippen LogP contribution in [0.3, 0.4) is 0 Å². The van der Waals surface area contributed by atoms with Gasteiger partial charge in [0.2, 0.25) is 0 Å². The van der Waals surface area contributed by atoms with Crippen LogP contribution in [0.4, 0.5) is 5.82 Å². The van der Waals surface area contributed by atoms with Crippen LogP contribution in [0.25, 0.3) is 10.2 Å². The Hall–Kier alpha value is -3.05. The second-order valence-corrected chi connectivity index (χ2v) is 7.59. The van der Waals surface area contributed by atoms with Crippen molar-refractivity contribution in [2.45, 2.75) is 20.3 Å². The third kappa shape index (κ3) is 3.88. The number of hydrogen-bond acceptors (Lipinski definition) is 5. The highest BCUT2D eigenvalue weighted by Gasteiger charge is 2.09. The monoisotopic (exact) mass is 372 g/mol. The molecular formula is C22H20N4S. The molecule has 0 radical (unpaired) electrons. The molecule has 0 spiro atoms. The molecule has 5 heteroatoms. The summed E-state index contributed by atoms with van der Waals surface area (Å²) in [5, 5.41) is 5.40. The quantitative estimate of drug-likeness (QED) is 0.380. The largest absolute Gasteiger partial charge is 0.261 e. The second-order valence-electron chi connectivity index (χ2n) is 6.48. The van der Waals surface area contributed by atoms with Gasteiger partial charge in [0.15, 0.2) is 5.82 Å². The van der Waals surface area contributed by atoms with Crippen LogP contribution in [0, 0.1) is 13.8 Å². The maximum Gasteiger partial charge on any atom is 0.158 e. The number of anilines is 1. The van der Waals surface area contributed by atoms with Gasteiger partial charge in [0.1, 0.15) is 11.2 Å². The second kappa shape index (κ2) is 7.68. The highest BCUT2D eigenvalue weighted by Crippen LogP contribution is 2.29. The summed E-state index contributed by atoms with van der Waals surface area (Å²) >= 11 is 1.70. The van der Waals surface area contributed by atoms with Crippen molar-refractivity contribution >= 4 is 33.6 Å². The van der Waals surface area contributed by atoms with Crippen molar-refractivity contribution in [3.63, 3.8) is 0 Å². The van der Waals surface area contributed by atoms with Gasteiger partial charge in [-0.15, -0.1) is 11.3 Å². The molecule has 27 heavy (non-hydrogen) atoms. The average molecular weight is 372 g/mol. The van der Waals surface area contributed by atoms with Gasteiger partial charge in [-0.3, -0.25) is 5.43 Å². The lowest BCUT2D eigenvalue weighted by molar-refractivity contribution is 1.19. The van der Waals surface area contributed by atoms with Crippen molar-refractivity contribution in [3.05, 3.63) is 88.1 Å². The Labute approximate surface area is 162 Å². The van der Waals surface area contributed by atoms with Gasteiger partial charge >= 0.3 is 0 Å². The van der Waals surface area contributed by atoms with Crippen molar-refractivity contribution in [2.24, 2.45) is 5.10 Å². The number of aryl methyl sites for hydroxylation is 1. The lowest BCUT2D eigenvalue weighted by Crippen LogP contribution is -1.96. The Bertz CT molecular complexity index is 1100. The molecule has 134 valence electrons. The van der Waals surface area contributed by atoms with E-state index >= 15 is 0 Å². The maximum absolute atomic E-state index is 4.41. The topological polar surface area (TPSA) is 50.2 Å². The summed E-state index contributed by atoms with van der Waals surface area (Å²) in [7, 11) is 0. The minimum absolute atomic E-state index is 0.733. The Balaban J connectivity index is 1.57. The number of thiophene rings is 1. The summed E-state index contributed by atoms with van der Waals surface area (Å²) in [5.41, 5.74) is 7.97. The third-order valence-electron chi connectivity index (χ3n) is 4.62. The third-order valence-corrected chi connectivity index (χ3v) is 5.67. The van der Waals surface area contributed by atoms with Crippen LogP contribution in [0.15, 0.2) is 66.0 Å². The smallest absolute Gasteiger partial charge is 0.158 e. The van der Waals surface area contributed by atoms with Crippen LogP contribution >= 0.6 is 11.3 Å². The molecule has 0 bridgehead atoms. The first-order valence-corrected chi connectivity index (χ1v) is 9.65. The first kappa shape index (κ1) is 17.4. The van der Waals surface area contributed by atoms with Crippen molar-refractivity contribution in [3.8, 4) is 0 Å². The van der Waals surface area contributed by atoms with E-state index in [-0.39, 0.29) is 0 Å². The normalized spacial score (nSPS) is 11.3. The standard InChI is InChI=1S/C22H20N4S/c1-15-7-6-10-18(16(15)2)13-25-26-21-20-12-19(27-22(20)24-14-23-21)11-17-8-4-3-5-9-17/h3-10,12-14H,11H2,1-2H3,(H,23,24,26)/b25-13+. The molecule has 1 N–H and O–H groups in total. The summed E-state index contributed by atoms with van der Waals surface area (Å²) in [6, 6.07) is 18.8. The lowest BCUT2D eigenvalue weighted by Gasteiger charge is -2.04. The molecule has 4 nitrogen and oxygen atoms in total. The summed E-state index contributed by atoms with van der Waals surface area (Å²) < 4.78 is 0. The minimum Gasteiger partial charge on any atom is -0.261 e. The molecule has 0 unspecified atom stereocenters. The molecular weight excluding hydrogens is 352 g/mol. The van der Waals surface area contributed by atoms with Crippen molar-refractivity contribution in [1.29, 1.82) is 0 Å². The van der Waals surface area contributed by atoms with Gasteiger partial charge in [-0.2, -0.15) is 5.10 Å². The minimum atomic E-state index is 0.733. The molecule has 2 heterocycles. The summed E-state index contributed by atoms with van der Waals surface area (Å²) in [5.74, 6) is 0.733. The van der Waals surface area contributed by atoms with Gasteiger partial charge in [0, 0.05) is 11.3 Å². The van der Waals surface area contributed by atoms with Crippen molar-refractivity contribution in [2.75, 3.05) is 5.43 Å². The van der Waals surface area contributed by atoms with E-state index < -0.39 is 0 Å². The van der Waals surface area contributed by atoms with Crippen LogP contribution in [0.2, 0.25) is 0 Å². The zero-order chi connectivity index (χ0) is 18.6. The Kier molecular flexibility index (Phi) is 4.94. The highest BCUT2D eigenvalue weighted by atomic mass is 32.1. The summed E-state index contributed by atoms with van der Waals surface area (Å²) in [6.45, 7) is 4.21. The predicted octanol–water partition coefficient (Wildman–Crippen LogP) is 5.34. The van der Waals surface area contributed by atoms with Crippen molar-refractivity contribution < 1.29 is 0 Å². The first-order chi connectivity index (χ1) is 13.2. The van der Waals surface area contributed by atoms with Gasteiger partial charge < -0.3 is 0 Å². The van der Waals surface area contributed by atoms with Crippen LogP contribution in [0.1, 0.15) is 27.1 Å². The maximum atomic E-state index is 4.41. The molecule has 2 aromatic carbocycles. The average Bonchev–Trinajstić information content (AvgIpc) is 3.09. The van der Waals surface area contributed by atoms with Gasteiger partial charge in [-0.05, 0) is 42.2 Å². The molecule has 0 aliphatic heterocycles. The number of fused-ring (bicyclic) bond motifs is 1. The van der Waals surface area contributed by atoms with Gasteiger partial charge in [0.25, 0.3) is 0 Å². The van der Waals surface area contributed by atoms with Crippen molar-refractivity contribution in [1.82, 2.24) is 9.97 Å². The zero-order valence-corrected chi connectivity index (χ0v) is 16.1. The Morgan fingerprint density at radius 2 is 1.89 bits per heavy atom. The fourth-order valence-electron chi connectivity index (χ4n) is 2.96. The first-order valence-electron chi connectivity index (χ1n) is 8.83. The molecule has 4 aromatic rings. The molecule has 2 aromatic heterocycles. The van der Waals surface area contributed by atoms with Gasteiger partial charge in [-0.25, -0.2) is 9.97 Å². The lowest BCUT2D eigenvalue weighted by atomic mass is 10.0. The summed E-state index contributed by atoms with van der Waals surface area (Å²) in [6.07, 6.45) is 4.32. The highest BCUT2D eigenvalue weighted by molar-refractivity contribution is 7.18. The van der Waals surface area contributed by atoms with E-state index in [1.165, 1.54) is 21.6 Å². The van der Waals surface area contributed by atoms with E-state index in [9.17, 15) is 0 Å². The number of benzene rings is 2. The Morgan fingerprint density at radius 3 is 2.74 bits per heavy atom. The van der Waals surface area contributed by atoms with Gasteiger partial charge in [-0.1, -0.05) is 48.5 Å². The summed E-state index contributed by atoms with van der Waals surface area (Å²) in [4.78, 5) is 11.0. The SMILES string of the molecule is Cc1cccc(/C=N/Nc2ncnc3sc(Cc4ccccc4)cc23)c1C. The molecule has 0 aliphatic carbocycles. The number of hydrogen-bond donors (Lipinski definition) is 1. The molecule has 0 saturated carbocycles. The Morgan fingerprint density at radius 1 is 1.04 bits per heavy atom. The number of hydrazone groups is 1. The molecule has 0 fully saturated rings. The number of nitrogens with zero attached hydrogens (tertiary/aromatic N) is 3. The van der Waals surface area contributed by atoms with Crippen LogP contribution < -0.4 is 5.43 Å². The van der Waals surface area contributed by atoms with Gasteiger partial charge in [0.05, 0.1) is 11.6 Å². The van der Waals surface area contributed by atoms with Crippen LogP contribution in [0.5, 0.6) is 0 Å². The van der Waals surface area contributed by atoms with E-state index in [1.54, 1.807) is 17.7 Å². The van der Waals surface area contributed by atoms with E-state index in [0.29, 0.717) is 0 Å². The predicted molar refractivity (Wildman–Crippen MR) is 114 cm³/mol. The van der Waals surface area contributed by atoms with E-state index in [4.69, 9.17) is 0 Å². The molecule has 0 aliphatic rings. The number of rotatable bonds is 5. The number of nitrogens with one attached hydrogen (secondary N) is 1. The van der Waals surface area contributed by atoms with E-state index in [2.05, 4.69) is 76.8 Å². The molecule has 0 atom stereocenters. The molecule has 4 rings (SSSR count). The molecule has 0 amide bonds. The molecule has 0 saturated heterocycles. The van der Waals surface area contributed by atoms with Crippen LogP contribution in [-0.2, 0) is 6.42 Å². The van der Waals surface area contributed by atoms with Crippen LogP contribution in [-0.4, -0.2) is 16.2 Å². The number of aromatic nitrogens is 2. The van der Waals surface area contributed by atoms with E-state index in [1.807, 2.05) is 18.3 Å².